The molecule has 0 unspecified atom stereocenters. The van der Waals surface area contributed by atoms with Crippen LogP contribution in [-0.2, 0) is 0 Å². The van der Waals surface area contributed by atoms with Crippen molar-refractivity contribution in [2.24, 2.45) is 0 Å². The molecular formula is C13H7F3O4. The van der Waals surface area contributed by atoms with E-state index >= 15 is 0 Å². The molecule has 0 saturated carbocycles. The lowest BCUT2D eigenvalue weighted by molar-refractivity contribution is -0.0899. The maximum atomic E-state index is 12.2. The predicted molar refractivity (Wildman–Crippen MR) is 61.5 cm³/mol. The Morgan fingerprint density at radius 1 is 1.10 bits per heavy atom. The number of aromatic carboxylic acids is 1. The summed E-state index contributed by atoms with van der Waals surface area (Å²) in [6.07, 6.45) is -4.04. The molecule has 0 amide bonds. The summed E-state index contributed by atoms with van der Waals surface area (Å²) in [5.74, 6) is -4.09. The Morgan fingerprint density at radius 3 is 2.40 bits per heavy atom. The van der Waals surface area contributed by atoms with E-state index in [-0.39, 0.29) is 11.1 Å². The van der Waals surface area contributed by atoms with E-state index < -0.39 is 23.7 Å². The molecule has 104 valence electrons. The third kappa shape index (κ3) is 2.71. The van der Waals surface area contributed by atoms with Crippen molar-refractivity contribution in [1.82, 2.24) is 0 Å². The molecule has 1 N–H and O–H groups in total. The van der Waals surface area contributed by atoms with Crippen molar-refractivity contribution in [3.05, 3.63) is 47.9 Å². The van der Waals surface area contributed by atoms with Crippen LogP contribution in [0.5, 0.6) is 0 Å². The lowest BCUT2D eigenvalue weighted by atomic mass is 10.1. The SMILES string of the molecule is O=C(O)c1cccc(-c2coc(C(=O)C(F)(F)F)c2)c1. The molecule has 1 heterocycles. The topological polar surface area (TPSA) is 67.5 Å². The summed E-state index contributed by atoms with van der Waals surface area (Å²) in [5, 5.41) is 8.83. The molecule has 0 saturated heterocycles. The number of carboxylic acid groups (broad SMARTS) is 1. The van der Waals surface area contributed by atoms with Gasteiger partial charge in [0.25, 0.3) is 0 Å². The van der Waals surface area contributed by atoms with Crippen LogP contribution in [0.25, 0.3) is 11.1 Å². The Balaban J connectivity index is 2.36. The van der Waals surface area contributed by atoms with Crippen LogP contribution in [0.1, 0.15) is 20.9 Å². The smallest absolute Gasteiger partial charge is 0.458 e. The predicted octanol–water partition coefficient (Wildman–Crippen LogP) is 3.39. The van der Waals surface area contributed by atoms with E-state index in [9.17, 15) is 22.8 Å². The first-order valence-electron chi connectivity index (χ1n) is 5.33. The fraction of sp³-hybridized carbons (Fsp3) is 0.0769. The maximum Gasteiger partial charge on any atom is 0.458 e. The number of carboxylic acids is 1. The molecule has 0 spiro atoms. The van der Waals surface area contributed by atoms with Crippen molar-refractivity contribution in [2.75, 3.05) is 0 Å². The molecule has 20 heavy (non-hydrogen) atoms. The number of alkyl halides is 3. The highest BCUT2D eigenvalue weighted by molar-refractivity contribution is 5.99. The normalized spacial score (nSPS) is 11.3. The zero-order chi connectivity index (χ0) is 14.9. The van der Waals surface area contributed by atoms with E-state index in [1.807, 2.05) is 0 Å². The second-order valence-corrected chi connectivity index (χ2v) is 3.91. The molecule has 0 aliphatic carbocycles. The highest BCUT2D eigenvalue weighted by Gasteiger charge is 2.41. The molecule has 2 rings (SSSR count). The number of Topliss-reactive ketones (excluding diaryl/α,β-unsaturated/α-hetero) is 1. The van der Waals surface area contributed by atoms with Gasteiger partial charge >= 0.3 is 17.9 Å². The molecule has 1 aromatic heterocycles. The zero-order valence-electron chi connectivity index (χ0n) is 9.77. The molecule has 0 aliphatic rings. The Bertz CT molecular complexity index is 670. The lowest BCUT2D eigenvalue weighted by Crippen LogP contribution is -2.21. The molecule has 0 fully saturated rings. The Labute approximate surface area is 110 Å². The van der Waals surface area contributed by atoms with Crippen LogP contribution in [0.15, 0.2) is 41.0 Å². The van der Waals surface area contributed by atoms with Gasteiger partial charge in [0.1, 0.15) is 0 Å². The van der Waals surface area contributed by atoms with Gasteiger partial charge in [0.15, 0.2) is 5.76 Å². The molecule has 0 radical (unpaired) electrons. The molecule has 1 aromatic carbocycles. The van der Waals surface area contributed by atoms with Gasteiger partial charge in [-0.2, -0.15) is 13.2 Å². The second kappa shape index (κ2) is 4.84. The quantitative estimate of drug-likeness (QED) is 0.877. The summed E-state index contributed by atoms with van der Waals surface area (Å²) in [4.78, 5) is 21.8. The standard InChI is InChI=1S/C13H7F3O4/c14-13(15,16)11(17)10-5-9(6-20-10)7-2-1-3-8(4-7)12(18)19/h1-6H,(H,18,19). The van der Waals surface area contributed by atoms with Gasteiger partial charge < -0.3 is 9.52 Å². The summed E-state index contributed by atoms with van der Waals surface area (Å²) in [7, 11) is 0. The Morgan fingerprint density at radius 2 is 1.80 bits per heavy atom. The number of carbonyl (C=O) groups excluding carboxylic acids is 1. The zero-order valence-corrected chi connectivity index (χ0v) is 9.77. The van der Waals surface area contributed by atoms with Crippen molar-refractivity contribution in [1.29, 1.82) is 0 Å². The van der Waals surface area contributed by atoms with E-state index in [4.69, 9.17) is 5.11 Å². The van der Waals surface area contributed by atoms with Crippen LogP contribution in [0.3, 0.4) is 0 Å². The molecule has 7 heteroatoms. The van der Waals surface area contributed by atoms with E-state index in [1.165, 1.54) is 24.3 Å². The van der Waals surface area contributed by atoms with Gasteiger partial charge in [-0.3, -0.25) is 4.79 Å². The fourth-order valence-corrected chi connectivity index (χ4v) is 1.58. The number of halogens is 3. The van der Waals surface area contributed by atoms with Gasteiger partial charge in [-0.25, -0.2) is 4.79 Å². The minimum absolute atomic E-state index is 0.0209. The van der Waals surface area contributed by atoms with Gasteiger partial charge in [0.05, 0.1) is 11.8 Å². The van der Waals surface area contributed by atoms with Gasteiger partial charge in [0.2, 0.25) is 0 Å². The largest absolute Gasteiger partial charge is 0.478 e. The Kier molecular flexibility index (Phi) is 3.35. The minimum atomic E-state index is -5.02. The Hall–Kier alpha value is -2.57. The first-order valence-corrected chi connectivity index (χ1v) is 5.33. The van der Waals surface area contributed by atoms with Crippen LogP contribution < -0.4 is 0 Å². The summed E-state index contributed by atoms with van der Waals surface area (Å²) < 4.78 is 41.3. The van der Waals surface area contributed by atoms with Gasteiger partial charge in [-0.15, -0.1) is 0 Å². The summed E-state index contributed by atoms with van der Waals surface area (Å²) in [6.45, 7) is 0. The maximum absolute atomic E-state index is 12.2. The first kappa shape index (κ1) is 13.9. The van der Waals surface area contributed by atoms with E-state index in [0.717, 1.165) is 12.3 Å². The van der Waals surface area contributed by atoms with Crippen LogP contribution >= 0.6 is 0 Å². The average molecular weight is 284 g/mol. The van der Waals surface area contributed by atoms with Crippen molar-refractivity contribution in [3.63, 3.8) is 0 Å². The van der Waals surface area contributed by atoms with Crippen molar-refractivity contribution >= 4 is 11.8 Å². The van der Waals surface area contributed by atoms with Crippen molar-refractivity contribution in [2.45, 2.75) is 6.18 Å². The van der Waals surface area contributed by atoms with Crippen molar-refractivity contribution in [3.8, 4) is 11.1 Å². The number of benzene rings is 1. The third-order valence-electron chi connectivity index (χ3n) is 2.52. The molecular weight excluding hydrogens is 277 g/mol. The number of ketones is 1. The highest BCUT2D eigenvalue weighted by Crippen LogP contribution is 2.27. The third-order valence-corrected chi connectivity index (χ3v) is 2.52. The van der Waals surface area contributed by atoms with Gasteiger partial charge in [0, 0.05) is 5.56 Å². The summed E-state index contributed by atoms with van der Waals surface area (Å²) in [5.41, 5.74) is 0.517. The number of furan rings is 1. The second-order valence-electron chi connectivity index (χ2n) is 3.91. The van der Waals surface area contributed by atoms with Crippen LogP contribution in [0.4, 0.5) is 13.2 Å². The monoisotopic (exact) mass is 284 g/mol. The molecule has 0 atom stereocenters. The van der Waals surface area contributed by atoms with Gasteiger partial charge in [-0.05, 0) is 23.8 Å². The average Bonchev–Trinajstić information content (AvgIpc) is 2.86. The summed E-state index contributed by atoms with van der Waals surface area (Å²) >= 11 is 0. The molecule has 2 aromatic rings. The van der Waals surface area contributed by atoms with Gasteiger partial charge in [-0.1, -0.05) is 12.1 Å². The number of carbonyl (C=O) groups is 2. The number of hydrogen-bond acceptors (Lipinski definition) is 3. The molecule has 0 bridgehead atoms. The summed E-state index contributed by atoms with van der Waals surface area (Å²) in [6, 6.07) is 6.48. The van der Waals surface area contributed by atoms with Crippen molar-refractivity contribution < 1.29 is 32.3 Å². The minimum Gasteiger partial charge on any atom is -0.478 e. The van der Waals surface area contributed by atoms with E-state index in [1.54, 1.807) is 0 Å². The number of rotatable bonds is 3. The van der Waals surface area contributed by atoms with Crippen LogP contribution in [0.2, 0.25) is 0 Å². The lowest BCUT2D eigenvalue weighted by Gasteiger charge is -2.00. The number of hydrogen-bond donors (Lipinski definition) is 1. The van der Waals surface area contributed by atoms with E-state index in [0.29, 0.717) is 5.56 Å². The first-order chi connectivity index (χ1) is 9.29. The molecule has 0 aliphatic heterocycles. The molecule has 4 nitrogen and oxygen atoms in total. The highest BCUT2D eigenvalue weighted by atomic mass is 19.4. The fourth-order valence-electron chi connectivity index (χ4n) is 1.58. The van der Waals surface area contributed by atoms with Crippen LogP contribution in [0, 0.1) is 0 Å². The van der Waals surface area contributed by atoms with Crippen LogP contribution in [-0.4, -0.2) is 23.0 Å². The van der Waals surface area contributed by atoms with E-state index in [2.05, 4.69) is 4.42 Å².